The van der Waals surface area contributed by atoms with E-state index in [0.29, 0.717) is 48.5 Å². The minimum absolute atomic E-state index is 0.0281. The Morgan fingerprint density at radius 1 is 1.26 bits per heavy atom. The van der Waals surface area contributed by atoms with Crippen LogP contribution < -0.4 is 4.31 Å². The van der Waals surface area contributed by atoms with Crippen LogP contribution in [0.25, 0.3) is 0 Å². The molecule has 1 fully saturated rings. The van der Waals surface area contributed by atoms with Crippen LogP contribution in [0.3, 0.4) is 0 Å². The topological polar surface area (TPSA) is 66.9 Å². The van der Waals surface area contributed by atoms with E-state index >= 15 is 0 Å². The second-order valence-corrected chi connectivity index (χ2v) is 9.65. The van der Waals surface area contributed by atoms with Gasteiger partial charge >= 0.3 is 0 Å². The van der Waals surface area contributed by atoms with Crippen LogP contribution in [-0.4, -0.2) is 52.1 Å². The Balaban J connectivity index is 1.91. The minimum Gasteiger partial charge on any atom is -0.381 e. The maximum Gasteiger partial charge on any atom is 0.264 e. The summed E-state index contributed by atoms with van der Waals surface area (Å²) in [5, 5.41) is 0.316. The van der Waals surface area contributed by atoms with Crippen LogP contribution >= 0.6 is 11.6 Å². The molecule has 0 spiro atoms. The molecule has 3 rings (SSSR count). The summed E-state index contributed by atoms with van der Waals surface area (Å²) >= 11 is 6.26. The second kappa shape index (κ2) is 10.3. The molecule has 1 heterocycles. The lowest BCUT2D eigenvalue weighted by Crippen LogP contribution is -2.36. The Morgan fingerprint density at radius 2 is 2.03 bits per heavy atom. The van der Waals surface area contributed by atoms with Crippen LogP contribution in [0.15, 0.2) is 66.1 Å². The van der Waals surface area contributed by atoms with Gasteiger partial charge in [-0.15, -0.1) is 6.58 Å². The van der Waals surface area contributed by atoms with Crippen molar-refractivity contribution in [3.8, 4) is 0 Å². The maximum atomic E-state index is 13.4. The van der Waals surface area contributed by atoms with Gasteiger partial charge in [-0.2, -0.15) is 0 Å². The molecule has 31 heavy (non-hydrogen) atoms. The molecule has 0 N–H and O–H groups in total. The number of hydrogen-bond donors (Lipinski definition) is 0. The first-order chi connectivity index (χ1) is 14.9. The fraction of sp³-hybridized carbons (Fsp3) is 0.348. The van der Waals surface area contributed by atoms with E-state index in [0.717, 1.165) is 6.42 Å². The number of sulfonamides is 1. The third-order valence-electron chi connectivity index (χ3n) is 5.26. The molecular formula is C23H27ClN2O4S. The Kier molecular flexibility index (Phi) is 7.75. The molecule has 1 amide bonds. The molecule has 8 heteroatoms. The van der Waals surface area contributed by atoms with Crippen molar-refractivity contribution in [3.05, 3.63) is 71.8 Å². The van der Waals surface area contributed by atoms with Crippen molar-refractivity contribution in [1.82, 2.24) is 4.90 Å². The molecule has 1 atom stereocenters. The lowest BCUT2D eigenvalue weighted by atomic mass is 10.1. The van der Waals surface area contributed by atoms with Gasteiger partial charge in [0.05, 0.1) is 28.8 Å². The molecule has 1 unspecified atom stereocenters. The highest BCUT2D eigenvalue weighted by atomic mass is 35.5. The first-order valence-electron chi connectivity index (χ1n) is 10.2. The fourth-order valence-electron chi connectivity index (χ4n) is 3.59. The molecule has 1 aliphatic heterocycles. The number of benzene rings is 2. The zero-order valence-electron chi connectivity index (χ0n) is 17.5. The smallest absolute Gasteiger partial charge is 0.264 e. The fourth-order valence-corrected chi connectivity index (χ4v) is 5.38. The monoisotopic (exact) mass is 462 g/mol. The van der Waals surface area contributed by atoms with Gasteiger partial charge < -0.3 is 9.64 Å². The van der Waals surface area contributed by atoms with Gasteiger partial charge in [0.15, 0.2) is 0 Å². The Bertz CT molecular complexity index is 1040. The molecular weight excluding hydrogens is 436 g/mol. The summed E-state index contributed by atoms with van der Waals surface area (Å²) in [6, 6.07) is 12.9. The Morgan fingerprint density at radius 3 is 2.68 bits per heavy atom. The van der Waals surface area contributed by atoms with Gasteiger partial charge in [0.1, 0.15) is 0 Å². The van der Waals surface area contributed by atoms with Gasteiger partial charge in [0.2, 0.25) is 0 Å². The summed E-state index contributed by atoms with van der Waals surface area (Å²) in [6.45, 7) is 8.12. The number of nitrogens with zero attached hydrogens (tertiary/aromatic N) is 2. The van der Waals surface area contributed by atoms with E-state index < -0.39 is 10.0 Å². The molecule has 0 bridgehead atoms. The first-order valence-corrected chi connectivity index (χ1v) is 12.1. The Hall–Kier alpha value is -2.35. The van der Waals surface area contributed by atoms with Crippen molar-refractivity contribution in [2.75, 3.05) is 37.2 Å². The highest BCUT2D eigenvalue weighted by Gasteiger charge is 2.28. The van der Waals surface area contributed by atoms with Crippen LogP contribution in [0.4, 0.5) is 5.69 Å². The molecule has 1 aliphatic rings. The van der Waals surface area contributed by atoms with Crippen molar-refractivity contribution >= 4 is 33.2 Å². The normalized spacial score (nSPS) is 16.1. The van der Waals surface area contributed by atoms with Crippen molar-refractivity contribution < 1.29 is 17.9 Å². The van der Waals surface area contributed by atoms with Gasteiger partial charge in [0, 0.05) is 31.2 Å². The van der Waals surface area contributed by atoms with E-state index in [-0.39, 0.29) is 17.3 Å². The van der Waals surface area contributed by atoms with E-state index in [1.54, 1.807) is 41.3 Å². The number of hydrogen-bond acceptors (Lipinski definition) is 4. The summed E-state index contributed by atoms with van der Waals surface area (Å²) in [6.07, 6.45) is 2.42. The number of anilines is 1. The van der Waals surface area contributed by atoms with Crippen molar-refractivity contribution in [1.29, 1.82) is 0 Å². The highest BCUT2D eigenvalue weighted by Crippen LogP contribution is 2.30. The molecule has 0 aromatic heterocycles. The second-order valence-electron chi connectivity index (χ2n) is 7.38. The quantitative estimate of drug-likeness (QED) is 0.523. The van der Waals surface area contributed by atoms with Gasteiger partial charge in [0.25, 0.3) is 15.9 Å². The number of amides is 1. The van der Waals surface area contributed by atoms with Crippen LogP contribution in [-0.2, 0) is 14.8 Å². The summed E-state index contributed by atoms with van der Waals surface area (Å²) < 4.78 is 33.5. The van der Waals surface area contributed by atoms with Gasteiger partial charge in [-0.1, -0.05) is 35.9 Å². The van der Waals surface area contributed by atoms with E-state index in [1.807, 2.05) is 6.92 Å². The number of carbonyl (C=O) groups is 1. The predicted molar refractivity (Wildman–Crippen MR) is 123 cm³/mol. The maximum absolute atomic E-state index is 13.4. The Labute approximate surface area is 189 Å². The average Bonchev–Trinajstić information content (AvgIpc) is 3.29. The van der Waals surface area contributed by atoms with Crippen molar-refractivity contribution in [2.24, 2.45) is 5.92 Å². The van der Waals surface area contributed by atoms with Crippen LogP contribution in [0.2, 0.25) is 5.02 Å². The lowest BCUT2D eigenvalue weighted by Gasteiger charge is -2.25. The molecule has 6 nitrogen and oxygen atoms in total. The summed E-state index contributed by atoms with van der Waals surface area (Å²) in [4.78, 5) is 14.9. The van der Waals surface area contributed by atoms with Gasteiger partial charge in [-0.25, -0.2) is 8.42 Å². The summed E-state index contributed by atoms with van der Waals surface area (Å²) in [5.74, 6) is 0.110. The molecule has 0 saturated carbocycles. The molecule has 1 saturated heterocycles. The molecule has 2 aromatic carbocycles. The van der Waals surface area contributed by atoms with E-state index in [9.17, 15) is 13.2 Å². The van der Waals surface area contributed by atoms with Gasteiger partial charge in [-0.05, 0) is 43.7 Å². The number of halogens is 1. The number of carbonyl (C=O) groups excluding carboxylic acids is 1. The summed E-state index contributed by atoms with van der Waals surface area (Å²) in [7, 11) is -3.96. The highest BCUT2D eigenvalue weighted by molar-refractivity contribution is 7.92. The predicted octanol–water partition coefficient (Wildman–Crippen LogP) is 4.22. The third-order valence-corrected chi connectivity index (χ3v) is 7.35. The summed E-state index contributed by atoms with van der Waals surface area (Å²) in [5.41, 5.74) is 0.691. The zero-order chi connectivity index (χ0) is 22.4. The van der Waals surface area contributed by atoms with Crippen molar-refractivity contribution in [3.63, 3.8) is 0 Å². The van der Waals surface area contributed by atoms with E-state index in [2.05, 4.69) is 6.58 Å². The SMILES string of the molecule is C=CCN(c1ccccc1Cl)S(=O)(=O)c1cccc(C(=O)N(CC)CC2CCOC2)c1. The minimum atomic E-state index is -3.96. The standard InChI is InChI=1S/C23H27ClN2O4S/c1-3-13-26(22-11-6-5-10-21(22)24)31(28,29)20-9-7-8-19(15-20)23(27)25(4-2)16-18-12-14-30-17-18/h3,5-11,15,18H,1,4,12-14,16-17H2,2H3. The zero-order valence-corrected chi connectivity index (χ0v) is 19.1. The number of rotatable bonds is 9. The molecule has 2 aromatic rings. The first kappa shape index (κ1) is 23.3. The number of ether oxygens (including phenoxy) is 1. The van der Waals surface area contributed by atoms with Crippen LogP contribution in [0.1, 0.15) is 23.7 Å². The average molecular weight is 463 g/mol. The molecule has 0 radical (unpaired) electrons. The molecule has 166 valence electrons. The van der Waals surface area contributed by atoms with Crippen molar-refractivity contribution in [2.45, 2.75) is 18.2 Å². The largest absolute Gasteiger partial charge is 0.381 e. The van der Waals surface area contributed by atoms with E-state index in [4.69, 9.17) is 16.3 Å². The van der Waals surface area contributed by atoms with Crippen LogP contribution in [0, 0.1) is 5.92 Å². The number of para-hydroxylation sites is 1. The third kappa shape index (κ3) is 5.29. The molecule has 0 aliphatic carbocycles. The van der Waals surface area contributed by atoms with E-state index in [1.165, 1.54) is 22.5 Å². The lowest BCUT2D eigenvalue weighted by molar-refractivity contribution is 0.0730. The van der Waals surface area contributed by atoms with Gasteiger partial charge in [-0.3, -0.25) is 9.10 Å². The van der Waals surface area contributed by atoms with Crippen LogP contribution in [0.5, 0.6) is 0 Å².